The van der Waals surface area contributed by atoms with Gasteiger partial charge in [0, 0.05) is 31.5 Å². The highest BCUT2D eigenvalue weighted by atomic mass is 16.3. The molecule has 18 heavy (non-hydrogen) atoms. The molecule has 1 heterocycles. The van der Waals surface area contributed by atoms with Gasteiger partial charge in [-0.2, -0.15) is 0 Å². The smallest absolute Gasteiger partial charge is 0.225 e. The molecule has 2 aliphatic rings. The van der Waals surface area contributed by atoms with Gasteiger partial charge in [0.15, 0.2) is 0 Å². The van der Waals surface area contributed by atoms with Crippen molar-refractivity contribution in [1.82, 2.24) is 10.6 Å². The highest BCUT2D eigenvalue weighted by Crippen LogP contribution is 2.24. The molecule has 0 aromatic heterocycles. The lowest BCUT2D eigenvalue weighted by Gasteiger charge is -2.32. The number of carbonyl (C=O) groups excluding carboxylic acids is 2. The molecule has 0 aromatic rings. The molecule has 3 unspecified atom stereocenters. The molecule has 3 atom stereocenters. The second-order valence-electron chi connectivity index (χ2n) is 5.38. The predicted molar refractivity (Wildman–Crippen MR) is 66.7 cm³/mol. The standard InChI is InChI=1S/C13H22N2O3/c16-8-10-3-1-2-4-11(10)15-13(18)9-5-6-12(17)14-7-9/h9-11,16H,1-8H2,(H,14,17)(H,15,18). The van der Waals surface area contributed by atoms with E-state index in [4.69, 9.17) is 0 Å². The fourth-order valence-electron chi connectivity index (χ4n) is 2.87. The van der Waals surface area contributed by atoms with Crippen LogP contribution < -0.4 is 10.6 Å². The zero-order chi connectivity index (χ0) is 13.0. The van der Waals surface area contributed by atoms with Gasteiger partial charge in [-0.1, -0.05) is 12.8 Å². The lowest BCUT2D eigenvalue weighted by atomic mass is 9.84. The number of amides is 2. The molecule has 2 rings (SSSR count). The molecule has 5 heteroatoms. The first-order valence-electron chi connectivity index (χ1n) is 6.88. The Labute approximate surface area is 107 Å². The van der Waals surface area contributed by atoms with Crippen molar-refractivity contribution < 1.29 is 14.7 Å². The highest BCUT2D eigenvalue weighted by molar-refractivity contribution is 5.83. The maximum absolute atomic E-state index is 12.1. The van der Waals surface area contributed by atoms with Crippen LogP contribution in [-0.2, 0) is 9.59 Å². The molecule has 3 N–H and O–H groups in total. The molecule has 2 amide bonds. The summed E-state index contributed by atoms with van der Waals surface area (Å²) in [5.41, 5.74) is 0. The summed E-state index contributed by atoms with van der Waals surface area (Å²) in [5.74, 6) is 0.148. The Balaban J connectivity index is 1.84. The third-order valence-electron chi connectivity index (χ3n) is 4.11. The lowest BCUT2D eigenvalue weighted by molar-refractivity contribution is -0.129. The average Bonchev–Trinajstić information content (AvgIpc) is 2.40. The van der Waals surface area contributed by atoms with Crippen molar-refractivity contribution in [2.24, 2.45) is 11.8 Å². The highest BCUT2D eigenvalue weighted by Gasteiger charge is 2.30. The number of rotatable bonds is 3. The van der Waals surface area contributed by atoms with E-state index in [9.17, 15) is 14.7 Å². The first-order valence-corrected chi connectivity index (χ1v) is 6.88. The van der Waals surface area contributed by atoms with Crippen LogP contribution in [0.25, 0.3) is 0 Å². The average molecular weight is 254 g/mol. The number of aliphatic hydroxyl groups excluding tert-OH is 1. The topological polar surface area (TPSA) is 78.4 Å². The Bertz CT molecular complexity index is 309. The van der Waals surface area contributed by atoms with Crippen molar-refractivity contribution in [2.45, 2.75) is 44.6 Å². The molecular weight excluding hydrogens is 232 g/mol. The molecule has 1 saturated carbocycles. The summed E-state index contributed by atoms with van der Waals surface area (Å²) in [7, 11) is 0. The molecular formula is C13H22N2O3. The van der Waals surface area contributed by atoms with Crippen LogP contribution in [0.15, 0.2) is 0 Å². The minimum atomic E-state index is -0.107. The summed E-state index contributed by atoms with van der Waals surface area (Å²) in [6.45, 7) is 0.591. The Morgan fingerprint density at radius 2 is 2.11 bits per heavy atom. The molecule has 2 fully saturated rings. The zero-order valence-electron chi connectivity index (χ0n) is 10.7. The number of hydrogen-bond acceptors (Lipinski definition) is 3. The molecule has 1 aliphatic carbocycles. The van der Waals surface area contributed by atoms with Crippen molar-refractivity contribution in [3.8, 4) is 0 Å². The summed E-state index contributed by atoms with van der Waals surface area (Å²) in [6.07, 6.45) is 5.26. The SMILES string of the molecule is O=C1CCC(C(=O)NC2CCCCC2CO)CN1. The predicted octanol–water partition coefficient (Wildman–Crippen LogP) is 0.180. The Morgan fingerprint density at radius 3 is 2.78 bits per heavy atom. The number of carbonyl (C=O) groups is 2. The van der Waals surface area contributed by atoms with Gasteiger partial charge in [0.05, 0.1) is 5.92 Å². The maximum atomic E-state index is 12.1. The van der Waals surface area contributed by atoms with Crippen LogP contribution in [0.3, 0.4) is 0 Å². The summed E-state index contributed by atoms with van der Waals surface area (Å²) in [6, 6.07) is 0.105. The van der Waals surface area contributed by atoms with Crippen molar-refractivity contribution in [3.63, 3.8) is 0 Å². The number of aliphatic hydroxyl groups is 1. The molecule has 1 aliphatic heterocycles. The monoisotopic (exact) mass is 254 g/mol. The molecule has 0 radical (unpaired) electrons. The molecule has 102 valence electrons. The van der Waals surface area contributed by atoms with Crippen molar-refractivity contribution >= 4 is 11.8 Å². The van der Waals surface area contributed by atoms with Crippen molar-refractivity contribution in [3.05, 3.63) is 0 Å². The van der Waals surface area contributed by atoms with E-state index in [-0.39, 0.29) is 36.3 Å². The summed E-state index contributed by atoms with van der Waals surface area (Å²) >= 11 is 0. The first-order chi connectivity index (χ1) is 8.70. The lowest BCUT2D eigenvalue weighted by Crippen LogP contribution is -2.49. The van der Waals surface area contributed by atoms with E-state index < -0.39 is 0 Å². The second-order valence-corrected chi connectivity index (χ2v) is 5.38. The van der Waals surface area contributed by atoms with Gasteiger partial charge in [0.1, 0.15) is 0 Å². The van der Waals surface area contributed by atoms with Crippen LogP contribution in [-0.4, -0.2) is 36.1 Å². The molecule has 1 saturated heterocycles. The quantitative estimate of drug-likeness (QED) is 0.672. The largest absolute Gasteiger partial charge is 0.396 e. The van der Waals surface area contributed by atoms with Crippen LogP contribution in [0.4, 0.5) is 0 Å². The van der Waals surface area contributed by atoms with E-state index in [0.717, 1.165) is 25.7 Å². The van der Waals surface area contributed by atoms with Crippen LogP contribution in [0.2, 0.25) is 0 Å². The minimum absolute atomic E-state index is 0.0281. The van der Waals surface area contributed by atoms with E-state index in [1.54, 1.807) is 0 Å². The van der Waals surface area contributed by atoms with Crippen LogP contribution in [0.5, 0.6) is 0 Å². The minimum Gasteiger partial charge on any atom is -0.396 e. The van der Waals surface area contributed by atoms with E-state index in [0.29, 0.717) is 19.4 Å². The Morgan fingerprint density at radius 1 is 1.33 bits per heavy atom. The molecule has 0 spiro atoms. The maximum Gasteiger partial charge on any atom is 0.225 e. The van der Waals surface area contributed by atoms with Gasteiger partial charge in [0.25, 0.3) is 0 Å². The number of nitrogens with one attached hydrogen (secondary N) is 2. The Hall–Kier alpha value is -1.10. The van der Waals surface area contributed by atoms with E-state index >= 15 is 0 Å². The first kappa shape index (κ1) is 13.3. The fraction of sp³-hybridized carbons (Fsp3) is 0.846. The summed E-state index contributed by atoms with van der Waals surface area (Å²) in [4.78, 5) is 23.1. The Kier molecular flexibility index (Phi) is 4.58. The van der Waals surface area contributed by atoms with E-state index in [1.807, 2.05) is 0 Å². The van der Waals surface area contributed by atoms with Gasteiger partial charge < -0.3 is 15.7 Å². The number of piperidine rings is 1. The van der Waals surface area contributed by atoms with Gasteiger partial charge in [0.2, 0.25) is 11.8 Å². The van der Waals surface area contributed by atoms with E-state index in [1.165, 1.54) is 0 Å². The van der Waals surface area contributed by atoms with Crippen molar-refractivity contribution in [1.29, 1.82) is 0 Å². The van der Waals surface area contributed by atoms with Crippen molar-refractivity contribution in [2.75, 3.05) is 13.2 Å². The summed E-state index contributed by atoms with van der Waals surface area (Å²) < 4.78 is 0. The number of hydrogen-bond donors (Lipinski definition) is 3. The van der Waals surface area contributed by atoms with Gasteiger partial charge in [-0.25, -0.2) is 0 Å². The molecule has 0 bridgehead atoms. The van der Waals surface area contributed by atoms with E-state index in [2.05, 4.69) is 10.6 Å². The molecule has 0 aromatic carbocycles. The fourth-order valence-corrected chi connectivity index (χ4v) is 2.87. The molecule has 5 nitrogen and oxygen atoms in total. The van der Waals surface area contributed by atoms with Gasteiger partial charge in [-0.05, 0) is 19.3 Å². The summed E-state index contributed by atoms with van der Waals surface area (Å²) in [5, 5.41) is 15.1. The zero-order valence-corrected chi connectivity index (χ0v) is 10.7. The van der Waals surface area contributed by atoms with Crippen LogP contribution in [0, 0.1) is 11.8 Å². The van der Waals surface area contributed by atoms with Crippen LogP contribution in [0.1, 0.15) is 38.5 Å². The third-order valence-corrected chi connectivity index (χ3v) is 4.11. The normalized spacial score (nSPS) is 32.7. The van der Waals surface area contributed by atoms with Crippen LogP contribution >= 0.6 is 0 Å². The van der Waals surface area contributed by atoms with Gasteiger partial charge in [-0.3, -0.25) is 9.59 Å². The van der Waals surface area contributed by atoms with Gasteiger partial charge >= 0.3 is 0 Å². The second kappa shape index (κ2) is 6.18. The van der Waals surface area contributed by atoms with Gasteiger partial charge in [-0.15, -0.1) is 0 Å². The third kappa shape index (κ3) is 3.22.